The van der Waals surface area contributed by atoms with Gasteiger partial charge in [0.1, 0.15) is 5.76 Å². The molecule has 0 spiro atoms. The third-order valence-electron chi connectivity index (χ3n) is 0.770. The van der Waals surface area contributed by atoms with Crippen LogP contribution < -0.4 is 0 Å². The predicted octanol–water partition coefficient (Wildman–Crippen LogP) is 1.75. The molecule has 0 saturated carbocycles. The SMILES string of the molecule is C=CC=N/C=C(\C)OC. The summed E-state index contributed by atoms with van der Waals surface area (Å²) in [6, 6.07) is 0. The lowest BCUT2D eigenvalue weighted by molar-refractivity contribution is 0.292. The van der Waals surface area contributed by atoms with E-state index in [0.29, 0.717) is 0 Å². The molecule has 0 N–H and O–H groups in total. The molecule has 2 nitrogen and oxygen atoms in total. The topological polar surface area (TPSA) is 21.6 Å². The summed E-state index contributed by atoms with van der Waals surface area (Å²) < 4.78 is 4.81. The summed E-state index contributed by atoms with van der Waals surface area (Å²) in [5, 5.41) is 0. The first-order valence-electron chi connectivity index (χ1n) is 2.66. The highest BCUT2D eigenvalue weighted by Gasteiger charge is 1.76. The van der Waals surface area contributed by atoms with E-state index in [9.17, 15) is 0 Å². The first-order valence-corrected chi connectivity index (χ1v) is 2.66. The van der Waals surface area contributed by atoms with Gasteiger partial charge in [0.05, 0.1) is 13.3 Å². The molecule has 0 rings (SSSR count). The Kier molecular flexibility index (Phi) is 4.50. The Morgan fingerprint density at radius 2 is 2.33 bits per heavy atom. The van der Waals surface area contributed by atoms with Crippen LogP contribution >= 0.6 is 0 Å². The van der Waals surface area contributed by atoms with Gasteiger partial charge in [-0.3, -0.25) is 4.99 Å². The molecule has 0 unspecified atom stereocenters. The number of rotatable bonds is 3. The minimum Gasteiger partial charge on any atom is -0.500 e. The average Bonchev–Trinajstić information content (AvgIpc) is 1.89. The van der Waals surface area contributed by atoms with Crippen molar-refractivity contribution in [1.29, 1.82) is 0 Å². The first kappa shape index (κ1) is 7.95. The van der Waals surface area contributed by atoms with E-state index in [1.807, 2.05) is 6.92 Å². The Hall–Kier alpha value is -1.05. The van der Waals surface area contributed by atoms with Crippen LogP contribution in [0.15, 0.2) is 29.6 Å². The Balaban J connectivity index is 3.67. The molecule has 0 amide bonds. The van der Waals surface area contributed by atoms with Crippen molar-refractivity contribution in [2.75, 3.05) is 7.11 Å². The second-order valence-corrected chi connectivity index (χ2v) is 1.48. The second-order valence-electron chi connectivity index (χ2n) is 1.48. The maximum atomic E-state index is 4.81. The Labute approximate surface area is 55.6 Å². The molecule has 0 saturated heterocycles. The molecule has 0 aromatic heterocycles. The number of methoxy groups -OCH3 is 1. The minimum absolute atomic E-state index is 0.785. The fourth-order valence-corrected chi connectivity index (χ4v) is 0.262. The van der Waals surface area contributed by atoms with Crippen LogP contribution in [-0.2, 0) is 4.74 Å². The maximum absolute atomic E-state index is 4.81. The van der Waals surface area contributed by atoms with Gasteiger partial charge in [0.15, 0.2) is 0 Å². The number of ether oxygens (including phenoxy) is 1. The molecular weight excluding hydrogens is 114 g/mol. The summed E-state index contributed by atoms with van der Waals surface area (Å²) in [5.41, 5.74) is 0. The molecule has 0 radical (unpaired) electrons. The van der Waals surface area contributed by atoms with Crippen molar-refractivity contribution >= 4 is 6.21 Å². The lowest BCUT2D eigenvalue weighted by Crippen LogP contribution is -1.75. The van der Waals surface area contributed by atoms with Gasteiger partial charge >= 0.3 is 0 Å². The summed E-state index contributed by atoms with van der Waals surface area (Å²) in [6.45, 7) is 5.30. The Bertz CT molecular complexity index is 136. The van der Waals surface area contributed by atoms with Crippen molar-refractivity contribution in [2.24, 2.45) is 4.99 Å². The zero-order valence-corrected chi connectivity index (χ0v) is 5.79. The lowest BCUT2D eigenvalue weighted by atomic mass is 10.6. The molecule has 0 heterocycles. The van der Waals surface area contributed by atoms with Gasteiger partial charge < -0.3 is 4.74 Å². The molecule has 0 aromatic carbocycles. The third kappa shape index (κ3) is 4.81. The van der Waals surface area contributed by atoms with Crippen LogP contribution in [0.3, 0.4) is 0 Å². The van der Waals surface area contributed by atoms with Gasteiger partial charge in [-0.1, -0.05) is 12.7 Å². The summed E-state index contributed by atoms with van der Waals surface area (Å²) in [7, 11) is 1.61. The van der Waals surface area contributed by atoms with E-state index in [1.165, 1.54) is 0 Å². The number of hydrogen-bond donors (Lipinski definition) is 0. The summed E-state index contributed by atoms with van der Waals surface area (Å²) in [6.07, 6.45) is 4.84. The van der Waals surface area contributed by atoms with Crippen LogP contribution in [0.5, 0.6) is 0 Å². The standard InChI is InChI=1S/C7H11NO/c1-4-5-8-6-7(2)9-3/h4-6H,1H2,2-3H3/b7-6+,8-5?. The fraction of sp³-hybridized carbons (Fsp3) is 0.286. The van der Waals surface area contributed by atoms with Gasteiger partial charge in [0, 0.05) is 6.21 Å². The molecule has 0 aliphatic rings. The minimum atomic E-state index is 0.785. The average molecular weight is 125 g/mol. The van der Waals surface area contributed by atoms with E-state index in [4.69, 9.17) is 4.74 Å². The number of hydrogen-bond acceptors (Lipinski definition) is 2. The van der Waals surface area contributed by atoms with Gasteiger partial charge in [0.2, 0.25) is 0 Å². The summed E-state index contributed by atoms with van der Waals surface area (Å²) >= 11 is 0. The largest absolute Gasteiger partial charge is 0.500 e. The van der Waals surface area contributed by atoms with E-state index >= 15 is 0 Å². The van der Waals surface area contributed by atoms with Gasteiger partial charge in [-0.2, -0.15) is 0 Å². The van der Waals surface area contributed by atoms with Crippen molar-refractivity contribution in [1.82, 2.24) is 0 Å². The summed E-state index contributed by atoms with van der Waals surface area (Å²) in [4.78, 5) is 3.83. The molecule has 0 bridgehead atoms. The zero-order chi connectivity index (χ0) is 7.11. The molecule has 0 aromatic rings. The van der Waals surface area contributed by atoms with Crippen molar-refractivity contribution in [3.05, 3.63) is 24.6 Å². The van der Waals surface area contributed by atoms with Crippen LogP contribution in [0.2, 0.25) is 0 Å². The van der Waals surface area contributed by atoms with Crippen LogP contribution in [-0.4, -0.2) is 13.3 Å². The highest BCUT2D eigenvalue weighted by Crippen LogP contribution is 1.90. The predicted molar refractivity (Wildman–Crippen MR) is 39.5 cm³/mol. The Morgan fingerprint density at radius 1 is 1.67 bits per heavy atom. The molecular formula is C7H11NO. The molecule has 0 aliphatic carbocycles. The van der Waals surface area contributed by atoms with Crippen LogP contribution in [0.4, 0.5) is 0 Å². The molecule has 0 fully saturated rings. The molecule has 0 aliphatic heterocycles. The van der Waals surface area contributed by atoms with Crippen molar-refractivity contribution < 1.29 is 4.74 Å². The van der Waals surface area contributed by atoms with Crippen molar-refractivity contribution in [3.63, 3.8) is 0 Å². The molecule has 9 heavy (non-hydrogen) atoms. The highest BCUT2D eigenvalue weighted by molar-refractivity contribution is 5.70. The van der Waals surface area contributed by atoms with E-state index < -0.39 is 0 Å². The monoisotopic (exact) mass is 125 g/mol. The van der Waals surface area contributed by atoms with Gasteiger partial charge in [0.25, 0.3) is 0 Å². The van der Waals surface area contributed by atoms with Gasteiger partial charge in [-0.25, -0.2) is 0 Å². The fourth-order valence-electron chi connectivity index (χ4n) is 0.262. The second kappa shape index (κ2) is 5.09. The Morgan fingerprint density at radius 3 is 2.78 bits per heavy atom. The quantitative estimate of drug-likeness (QED) is 0.416. The lowest BCUT2D eigenvalue weighted by Gasteiger charge is -1.92. The van der Waals surface area contributed by atoms with Crippen molar-refractivity contribution in [2.45, 2.75) is 6.92 Å². The first-order chi connectivity index (χ1) is 4.31. The third-order valence-corrected chi connectivity index (χ3v) is 0.770. The summed E-state index contributed by atoms with van der Waals surface area (Å²) in [5.74, 6) is 0.785. The normalized spacial score (nSPS) is 12.0. The van der Waals surface area contributed by atoms with Crippen LogP contribution in [0.1, 0.15) is 6.92 Å². The smallest absolute Gasteiger partial charge is 0.111 e. The number of nitrogens with zero attached hydrogens (tertiary/aromatic N) is 1. The number of aliphatic imine (C=N–C) groups is 1. The van der Waals surface area contributed by atoms with E-state index in [2.05, 4.69) is 11.6 Å². The molecule has 2 heteroatoms. The number of allylic oxidation sites excluding steroid dienone is 2. The molecule has 0 atom stereocenters. The zero-order valence-electron chi connectivity index (χ0n) is 5.79. The molecule has 50 valence electrons. The van der Waals surface area contributed by atoms with Crippen LogP contribution in [0.25, 0.3) is 0 Å². The van der Waals surface area contributed by atoms with E-state index in [1.54, 1.807) is 25.6 Å². The van der Waals surface area contributed by atoms with E-state index in [-0.39, 0.29) is 0 Å². The van der Waals surface area contributed by atoms with E-state index in [0.717, 1.165) is 5.76 Å². The van der Waals surface area contributed by atoms with Gasteiger partial charge in [-0.15, -0.1) is 0 Å². The van der Waals surface area contributed by atoms with Gasteiger partial charge in [-0.05, 0) is 6.92 Å². The van der Waals surface area contributed by atoms with Crippen molar-refractivity contribution in [3.8, 4) is 0 Å². The maximum Gasteiger partial charge on any atom is 0.111 e. The highest BCUT2D eigenvalue weighted by atomic mass is 16.5. The van der Waals surface area contributed by atoms with Crippen LogP contribution in [0, 0.1) is 0 Å².